The molecule has 0 spiro atoms. The third kappa shape index (κ3) is 3.30. The lowest BCUT2D eigenvalue weighted by molar-refractivity contribution is 0.195. The molecule has 1 fully saturated rings. The molecule has 1 saturated carbocycles. The van der Waals surface area contributed by atoms with Gasteiger partial charge in [-0.1, -0.05) is 44.9 Å². The van der Waals surface area contributed by atoms with E-state index in [1.54, 1.807) is 7.11 Å². The van der Waals surface area contributed by atoms with Gasteiger partial charge in [-0.25, -0.2) is 0 Å². The molecule has 106 valence electrons. The summed E-state index contributed by atoms with van der Waals surface area (Å²) in [5.74, 6) is 2.57. The average molecular weight is 261 g/mol. The zero-order valence-electron chi connectivity index (χ0n) is 12.6. The first-order valence-electron chi connectivity index (χ1n) is 7.52. The second-order valence-electron chi connectivity index (χ2n) is 6.00. The van der Waals surface area contributed by atoms with E-state index >= 15 is 0 Å². The highest BCUT2D eigenvalue weighted by Crippen LogP contribution is 2.32. The van der Waals surface area contributed by atoms with Crippen molar-refractivity contribution in [3.8, 4) is 5.75 Å². The van der Waals surface area contributed by atoms with E-state index in [4.69, 9.17) is 4.74 Å². The number of para-hydroxylation sites is 1. The number of benzene rings is 1. The van der Waals surface area contributed by atoms with Crippen molar-refractivity contribution in [2.45, 2.75) is 52.1 Å². The van der Waals surface area contributed by atoms with E-state index in [9.17, 15) is 0 Å². The fourth-order valence-corrected chi connectivity index (χ4v) is 3.25. The summed E-state index contributed by atoms with van der Waals surface area (Å²) in [6.07, 6.45) is 4.02. The van der Waals surface area contributed by atoms with Crippen LogP contribution in [0.2, 0.25) is 0 Å². The van der Waals surface area contributed by atoms with Crippen molar-refractivity contribution in [3.63, 3.8) is 0 Å². The molecule has 0 bridgehead atoms. The Bertz CT molecular complexity index is 404. The van der Waals surface area contributed by atoms with E-state index in [-0.39, 0.29) is 0 Å². The minimum absolute atomic E-state index is 0.342. The maximum absolute atomic E-state index is 5.46. The van der Waals surface area contributed by atoms with Crippen LogP contribution in [-0.4, -0.2) is 13.2 Å². The molecule has 4 atom stereocenters. The Morgan fingerprint density at radius 3 is 2.68 bits per heavy atom. The van der Waals surface area contributed by atoms with Crippen molar-refractivity contribution >= 4 is 0 Å². The van der Waals surface area contributed by atoms with Gasteiger partial charge in [-0.2, -0.15) is 0 Å². The topological polar surface area (TPSA) is 21.3 Å². The van der Waals surface area contributed by atoms with Crippen LogP contribution in [0.3, 0.4) is 0 Å². The summed E-state index contributed by atoms with van der Waals surface area (Å²) in [6.45, 7) is 7.01. The van der Waals surface area contributed by atoms with E-state index < -0.39 is 0 Å². The first-order valence-corrected chi connectivity index (χ1v) is 7.52. The number of hydrogen-bond donors (Lipinski definition) is 1. The summed E-state index contributed by atoms with van der Waals surface area (Å²) in [4.78, 5) is 0. The lowest BCUT2D eigenvalue weighted by Gasteiger charge is -2.36. The van der Waals surface area contributed by atoms with Gasteiger partial charge >= 0.3 is 0 Å². The van der Waals surface area contributed by atoms with Gasteiger partial charge in [0.15, 0.2) is 0 Å². The van der Waals surface area contributed by atoms with Gasteiger partial charge in [-0.05, 0) is 31.2 Å². The molecular weight excluding hydrogens is 234 g/mol. The summed E-state index contributed by atoms with van der Waals surface area (Å²) < 4.78 is 5.46. The number of methoxy groups -OCH3 is 1. The maximum atomic E-state index is 5.46. The molecule has 0 amide bonds. The van der Waals surface area contributed by atoms with Gasteiger partial charge < -0.3 is 10.1 Å². The van der Waals surface area contributed by atoms with E-state index in [1.165, 1.54) is 24.8 Å². The van der Waals surface area contributed by atoms with Crippen LogP contribution >= 0.6 is 0 Å². The lowest BCUT2D eigenvalue weighted by Crippen LogP contribution is -2.41. The Balaban J connectivity index is 2.06. The molecule has 2 nitrogen and oxygen atoms in total. The highest BCUT2D eigenvalue weighted by molar-refractivity contribution is 5.35. The molecule has 2 heteroatoms. The van der Waals surface area contributed by atoms with Gasteiger partial charge in [0.1, 0.15) is 5.75 Å². The quantitative estimate of drug-likeness (QED) is 0.878. The van der Waals surface area contributed by atoms with E-state index in [2.05, 4.69) is 38.2 Å². The summed E-state index contributed by atoms with van der Waals surface area (Å²) >= 11 is 0. The molecule has 19 heavy (non-hydrogen) atoms. The standard InChI is InChI=1S/C17H27NO/c1-12-8-7-10-16(13(12)2)18-14(3)15-9-5-6-11-17(15)19-4/h5-6,9,11-14,16,18H,7-8,10H2,1-4H3/t12?,13?,14-,16?/m1/s1. The van der Waals surface area contributed by atoms with Crippen LogP contribution in [-0.2, 0) is 0 Å². The van der Waals surface area contributed by atoms with Crippen LogP contribution in [0.1, 0.15) is 51.6 Å². The zero-order chi connectivity index (χ0) is 13.8. The van der Waals surface area contributed by atoms with Crippen LogP contribution in [0, 0.1) is 11.8 Å². The molecule has 1 aliphatic carbocycles. The maximum Gasteiger partial charge on any atom is 0.123 e. The molecule has 1 aromatic carbocycles. The molecule has 0 heterocycles. The van der Waals surface area contributed by atoms with Crippen molar-refractivity contribution < 1.29 is 4.74 Å². The predicted octanol–water partition coefficient (Wildman–Crippen LogP) is 4.17. The second kappa shape index (κ2) is 6.42. The summed E-state index contributed by atoms with van der Waals surface area (Å²) in [5, 5.41) is 3.81. The Morgan fingerprint density at radius 1 is 1.21 bits per heavy atom. The Morgan fingerprint density at radius 2 is 1.95 bits per heavy atom. The van der Waals surface area contributed by atoms with E-state index in [0.717, 1.165) is 17.6 Å². The van der Waals surface area contributed by atoms with Gasteiger partial charge in [0, 0.05) is 17.6 Å². The minimum Gasteiger partial charge on any atom is -0.496 e. The fraction of sp³-hybridized carbons (Fsp3) is 0.647. The van der Waals surface area contributed by atoms with Gasteiger partial charge in [-0.15, -0.1) is 0 Å². The van der Waals surface area contributed by atoms with Crippen LogP contribution in [0.5, 0.6) is 5.75 Å². The van der Waals surface area contributed by atoms with Crippen LogP contribution < -0.4 is 10.1 Å². The molecule has 0 aliphatic heterocycles. The molecule has 3 unspecified atom stereocenters. The zero-order valence-corrected chi connectivity index (χ0v) is 12.6. The molecule has 2 rings (SSSR count). The summed E-state index contributed by atoms with van der Waals surface area (Å²) in [6, 6.07) is 9.29. The molecule has 1 N–H and O–H groups in total. The lowest BCUT2D eigenvalue weighted by atomic mass is 9.77. The fourth-order valence-electron chi connectivity index (χ4n) is 3.25. The SMILES string of the molecule is COc1ccccc1[C@@H](C)NC1CCCC(C)C1C. The number of hydrogen-bond acceptors (Lipinski definition) is 2. The second-order valence-corrected chi connectivity index (χ2v) is 6.00. The molecule has 1 aromatic rings. The Hall–Kier alpha value is -1.02. The van der Waals surface area contributed by atoms with Crippen molar-refractivity contribution in [2.75, 3.05) is 7.11 Å². The van der Waals surface area contributed by atoms with Crippen LogP contribution in [0.4, 0.5) is 0 Å². The molecule has 0 radical (unpaired) electrons. The van der Waals surface area contributed by atoms with Crippen molar-refractivity contribution in [2.24, 2.45) is 11.8 Å². The van der Waals surface area contributed by atoms with Crippen LogP contribution in [0.25, 0.3) is 0 Å². The smallest absolute Gasteiger partial charge is 0.123 e. The predicted molar refractivity (Wildman–Crippen MR) is 80.5 cm³/mol. The van der Waals surface area contributed by atoms with Crippen molar-refractivity contribution in [1.29, 1.82) is 0 Å². The normalized spacial score (nSPS) is 28.9. The van der Waals surface area contributed by atoms with Gasteiger partial charge in [0.05, 0.1) is 7.11 Å². The van der Waals surface area contributed by atoms with Crippen molar-refractivity contribution in [1.82, 2.24) is 5.32 Å². The third-order valence-electron chi connectivity index (χ3n) is 4.78. The third-order valence-corrected chi connectivity index (χ3v) is 4.78. The largest absolute Gasteiger partial charge is 0.496 e. The highest BCUT2D eigenvalue weighted by Gasteiger charge is 2.28. The molecule has 1 aliphatic rings. The van der Waals surface area contributed by atoms with Crippen LogP contribution in [0.15, 0.2) is 24.3 Å². The molecular formula is C17H27NO. The molecule has 0 aromatic heterocycles. The number of rotatable bonds is 4. The number of ether oxygens (including phenoxy) is 1. The van der Waals surface area contributed by atoms with Crippen molar-refractivity contribution in [3.05, 3.63) is 29.8 Å². The summed E-state index contributed by atoms with van der Waals surface area (Å²) in [5.41, 5.74) is 1.26. The summed E-state index contributed by atoms with van der Waals surface area (Å²) in [7, 11) is 1.75. The van der Waals surface area contributed by atoms with Gasteiger partial charge in [0.2, 0.25) is 0 Å². The van der Waals surface area contributed by atoms with Gasteiger partial charge in [-0.3, -0.25) is 0 Å². The minimum atomic E-state index is 0.342. The van der Waals surface area contributed by atoms with E-state index in [1.807, 2.05) is 12.1 Å². The monoisotopic (exact) mass is 261 g/mol. The highest BCUT2D eigenvalue weighted by atomic mass is 16.5. The number of nitrogens with one attached hydrogen (secondary N) is 1. The van der Waals surface area contributed by atoms with Gasteiger partial charge in [0.25, 0.3) is 0 Å². The average Bonchev–Trinajstić information content (AvgIpc) is 2.43. The van der Waals surface area contributed by atoms with E-state index in [0.29, 0.717) is 12.1 Å². The first-order chi connectivity index (χ1) is 9.13. The Kier molecular flexibility index (Phi) is 4.87. The molecule has 0 saturated heterocycles. The first kappa shape index (κ1) is 14.4. The Labute approximate surface area is 117 Å².